The minimum Gasteiger partial charge on any atom is -0.455 e. The highest BCUT2D eigenvalue weighted by atomic mass is 19.1. The maximum Gasteiger partial charge on any atom is 0.145 e. The van der Waals surface area contributed by atoms with Crippen LogP contribution in [0.4, 0.5) is 4.39 Å². The maximum absolute atomic E-state index is 13.5. The first-order chi connectivity index (χ1) is 8.18. The lowest BCUT2D eigenvalue weighted by atomic mass is 10.1. The van der Waals surface area contributed by atoms with Gasteiger partial charge < -0.3 is 10.5 Å². The standard InChI is InChI=1S/C12H10FN3O/c13-9-4-1-5-10(11(9)12(14)15)17-8-3-2-6-16-7-8/h1-7H,(H3,14,15). The molecule has 1 heterocycles. The van der Waals surface area contributed by atoms with Crippen molar-refractivity contribution in [1.29, 1.82) is 5.41 Å². The van der Waals surface area contributed by atoms with Crippen molar-refractivity contribution in [1.82, 2.24) is 4.98 Å². The first kappa shape index (κ1) is 11.1. The third kappa shape index (κ3) is 2.39. The summed E-state index contributed by atoms with van der Waals surface area (Å²) in [7, 11) is 0. The molecular weight excluding hydrogens is 221 g/mol. The van der Waals surface area contributed by atoms with E-state index in [1.807, 2.05) is 0 Å². The molecule has 4 nitrogen and oxygen atoms in total. The molecule has 5 heteroatoms. The second-order valence-corrected chi connectivity index (χ2v) is 3.32. The van der Waals surface area contributed by atoms with Crippen molar-refractivity contribution in [3.8, 4) is 11.5 Å². The molecule has 0 spiro atoms. The van der Waals surface area contributed by atoms with Crippen LogP contribution in [0.2, 0.25) is 0 Å². The van der Waals surface area contributed by atoms with Crippen LogP contribution in [0, 0.1) is 11.2 Å². The van der Waals surface area contributed by atoms with E-state index in [2.05, 4.69) is 4.98 Å². The number of hydrogen-bond acceptors (Lipinski definition) is 3. The van der Waals surface area contributed by atoms with Crippen LogP contribution in [0.15, 0.2) is 42.7 Å². The summed E-state index contributed by atoms with van der Waals surface area (Å²) in [6.45, 7) is 0. The lowest BCUT2D eigenvalue weighted by Gasteiger charge is -2.10. The molecule has 3 N–H and O–H groups in total. The van der Waals surface area contributed by atoms with Gasteiger partial charge in [0.25, 0.3) is 0 Å². The van der Waals surface area contributed by atoms with E-state index in [4.69, 9.17) is 15.9 Å². The fourth-order valence-corrected chi connectivity index (χ4v) is 1.39. The number of benzene rings is 1. The van der Waals surface area contributed by atoms with Crippen LogP contribution in [0.25, 0.3) is 0 Å². The van der Waals surface area contributed by atoms with E-state index in [1.54, 1.807) is 24.4 Å². The van der Waals surface area contributed by atoms with Crippen molar-refractivity contribution in [2.45, 2.75) is 0 Å². The zero-order valence-electron chi connectivity index (χ0n) is 8.85. The van der Waals surface area contributed by atoms with Gasteiger partial charge in [-0.3, -0.25) is 10.4 Å². The Morgan fingerprint density at radius 3 is 2.76 bits per heavy atom. The van der Waals surface area contributed by atoms with Crippen molar-refractivity contribution >= 4 is 5.84 Å². The van der Waals surface area contributed by atoms with Crippen molar-refractivity contribution < 1.29 is 9.13 Å². The molecule has 0 aliphatic heterocycles. The van der Waals surface area contributed by atoms with Gasteiger partial charge in [-0.1, -0.05) is 6.07 Å². The molecule has 2 aromatic rings. The number of pyridine rings is 1. The van der Waals surface area contributed by atoms with Gasteiger partial charge in [0.15, 0.2) is 0 Å². The highest BCUT2D eigenvalue weighted by Crippen LogP contribution is 2.26. The Labute approximate surface area is 97.4 Å². The van der Waals surface area contributed by atoms with Gasteiger partial charge in [0.1, 0.15) is 23.2 Å². The molecule has 1 aromatic heterocycles. The summed E-state index contributed by atoms with van der Waals surface area (Å²) in [5.74, 6) is -0.299. The zero-order valence-corrected chi connectivity index (χ0v) is 8.85. The fraction of sp³-hybridized carbons (Fsp3) is 0. The topological polar surface area (TPSA) is 72.0 Å². The number of amidine groups is 1. The number of rotatable bonds is 3. The molecule has 0 saturated heterocycles. The molecule has 0 saturated carbocycles. The van der Waals surface area contributed by atoms with E-state index in [9.17, 15) is 4.39 Å². The molecule has 0 aliphatic carbocycles. The Morgan fingerprint density at radius 1 is 1.29 bits per heavy atom. The minimum atomic E-state index is -0.584. The molecule has 0 aliphatic rings. The van der Waals surface area contributed by atoms with Crippen LogP contribution in [-0.4, -0.2) is 10.8 Å². The largest absolute Gasteiger partial charge is 0.455 e. The van der Waals surface area contributed by atoms with Gasteiger partial charge >= 0.3 is 0 Å². The number of nitrogen functional groups attached to an aromatic ring is 1. The van der Waals surface area contributed by atoms with Gasteiger partial charge in [0.2, 0.25) is 0 Å². The van der Waals surface area contributed by atoms with E-state index in [0.717, 1.165) is 0 Å². The SMILES string of the molecule is N=C(N)c1c(F)cccc1Oc1cccnc1. The fourth-order valence-electron chi connectivity index (χ4n) is 1.39. The van der Waals surface area contributed by atoms with Gasteiger partial charge in [-0.05, 0) is 24.3 Å². The Hall–Kier alpha value is -2.43. The summed E-state index contributed by atoms with van der Waals surface area (Å²) in [5, 5.41) is 7.33. The third-order valence-electron chi connectivity index (χ3n) is 2.11. The van der Waals surface area contributed by atoms with E-state index in [1.165, 1.54) is 18.3 Å². The van der Waals surface area contributed by atoms with Gasteiger partial charge in [0, 0.05) is 6.20 Å². The molecule has 2 rings (SSSR count). The van der Waals surface area contributed by atoms with Gasteiger partial charge in [0.05, 0.1) is 11.8 Å². The summed E-state index contributed by atoms with van der Waals surface area (Å²) < 4.78 is 18.9. The first-order valence-corrected chi connectivity index (χ1v) is 4.89. The Balaban J connectivity index is 2.40. The Kier molecular flexibility index (Phi) is 3.00. The monoisotopic (exact) mass is 231 g/mol. The summed E-state index contributed by atoms with van der Waals surface area (Å²) >= 11 is 0. The summed E-state index contributed by atoms with van der Waals surface area (Å²) in [6, 6.07) is 7.65. The highest BCUT2D eigenvalue weighted by molar-refractivity contribution is 5.98. The number of halogens is 1. The number of nitrogens with two attached hydrogens (primary N) is 1. The molecular formula is C12H10FN3O. The zero-order chi connectivity index (χ0) is 12.3. The predicted octanol–water partition coefficient (Wildman–Crippen LogP) is 2.30. The van der Waals surface area contributed by atoms with E-state index < -0.39 is 5.82 Å². The second-order valence-electron chi connectivity index (χ2n) is 3.32. The number of hydrogen-bond donors (Lipinski definition) is 2. The van der Waals surface area contributed by atoms with Gasteiger partial charge in [-0.15, -0.1) is 0 Å². The van der Waals surface area contributed by atoms with Crippen LogP contribution in [0.1, 0.15) is 5.56 Å². The van der Waals surface area contributed by atoms with E-state index >= 15 is 0 Å². The van der Waals surface area contributed by atoms with Crippen molar-refractivity contribution in [3.05, 3.63) is 54.1 Å². The normalized spacial score (nSPS) is 9.94. The average Bonchev–Trinajstić information content (AvgIpc) is 2.30. The molecule has 1 aromatic carbocycles. The lowest BCUT2D eigenvalue weighted by Crippen LogP contribution is -2.14. The second kappa shape index (κ2) is 4.61. The molecule has 86 valence electrons. The molecule has 0 bridgehead atoms. The number of nitrogens with one attached hydrogen (secondary N) is 1. The number of ether oxygens (including phenoxy) is 1. The van der Waals surface area contributed by atoms with E-state index in [-0.39, 0.29) is 17.1 Å². The van der Waals surface area contributed by atoms with Gasteiger partial charge in [-0.2, -0.15) is 0 Å². The molecule has 0 unspecified atom stereocenters. The molecule has 17 heavy (non-hydrogen) atoms. The predicted molar refractivity (Wildman–Crippen MR) is 61.7 cm³/mol. The maximum atomic E-state index is 13.5. The Bertz CT molecular complexity index is 543. The number of aromatic nitrogens is 1. The van der Waals surface area contributed by atoms with Gasteiger partial charge in [-0.25, -0.2) is 4.39 Å². The van der Waals surface area contributed by atoms with Crippen LogP contribution in [0.3, 0.4) is 0 Å². The first-order valence-electron chi connectivity index (χ1n) is 4.89. The van der Waals surface area contributed by atoms with Crippen molar-refractivity contribution in [2.75, 3.05) is 0 Å². The quantitative estimate of drug-likeness (QED) is 0.628. The van der Waals surface area contributed by atoms with Crippen LogP contribution in [0.5, 0.6) is 11.5 Å². The lowest BCUT2D eigenvalue weighted by molar-refractivity contribution is 0.473. The van der Waals surface area contributed by atoms with Crippen molar-refractivity contribution in [2.24, 2.45) is 5.73 Å². The summed E-state index contributed by atoms with van der Waals surface area (Å²) in [6.07, 6.45) is 3.10. The molecule has 0 radical (unpaired) electrons. The molecule has 0 amide bonds. The minimum absolute atomic E-state index is 0.0450. The van der Waals surface area contributed by atoms with Crippen molar-refractivity contribution in [3.63, 3.8) is 0 Å². The Morgan fingerprint density at radius 2 is 2.12 bits per heavy atom. The third-order valence-corrected chi connectivity index (χ3v) is 2.11. The summed E-state index contributed by atoms with van der Waals surface area (Å²) in [5.41, 5.74) is 5.27. The van der Waals surface area contributed by atoms with Crippen LogP contribution >= 0.6 is 0 Å². The number of nitrogens with zero attached hydrogens (tertiary/aromatic N) is 1. The van der Waals surface area contributed by atoms with Crippen LogP contribution < -0.4 is 10.5 Å². The van der Waals surface area contributed by atoms with E-state index in [0.29, 0.717) is 5.75 Å². The average molecular weight is 231 g/mol. The molecule has 0 fully saturated rings. The molecule has 0 atom stereocenters. The van der Waals surface area contributed by atoms with Crippen LogP contribution in [-0.2, 0) is 0 Å². The summed E-state index contributed by atoms with van der Waals surface area (Å²) in [4.78, 5) is 3.87. The smallest absolute Gasteiger partial charge is 0.145 e. The highest BCUT2D eigenvalue weighted by Gasteiger charge is 2.12.